The first-order valence-corrected chi connectivity index (χ1v) is 4.26. The standard InChI is InChI=1S/C8H19NO3/c1-10-4-2-5-11-7-8-12-6-3-9/h2-9H2,1H3. The van der Waals surface area contributed by atoms with Gasteiger partial charge in [0.1, 0.15) is 0 Å². The average molecular weight is 177 g/mol. The average Bonchev–Trinajstić information content (AvgIpc) is 2.10. The summed E-state index contributed by atoms with van der Waals surface area (Å²) in [4.78, 5) is 0. The van der Waals surface area contributed by atoms with Crippen molar-refractivity contribution in [2.45, 2.75) is 6.42 Å². The molecule has 0 bridgehead atoms. The fourth-order valence-corrected chi connectivity index (χ4v) is 0.711. The molecule has 74 valence electrons. The molecule has 4 heteroatoms. The Morgan fingerprint density at radius 3 is 2.17 bits per heavy atom. The molecular formula is C8H19NO3. The van der Waals surface area contributed by atoms with Crippen molar-refractivity contribution in [2.24, 2.45) is 5.73 Å². The lowest BCUT2D eigenvalue weighted by Gasteiger charge is -2.03. The monoisotopic (exact) mass is 177 g/mol. The van der Waals surface area contributed by atoms with E-state index in [2.05, 4.69) is 0 Å². The molecule has 0 heterocycles. The molecule has 0 atom stereocenters. The van der Waals surface area contributed by atoms with E-state index >= 15 is 0 Å². The summed E-state index contributed by atoms with van der Waals surface area (Å²) in [5, 5.41) is 0. The van der Waals surface area contributed by atoms with Gasteiger partial charge in [0.2, 0.25) is 0 Å². The van der Waals surface area contributed by atoms with Crippen LogP contribution in [-0.4, -0.2) is 46.7 Å². The van der Waals surface area contributed by atoms with Crippen LogP contribution in [0.3, 0.4) is 0 Å². The number of nitrogens with two attached hydrogens (primary N) is 1. The third kappa shape index (κ3) is 9.84. The lowest BCUT2D eigenvalue weighted by molar-refractivity contribution is 0.0424. The zero-order valence-corrected chi connectivity index (χ0v) is 7.75. The molecule has 0 aliphatic rings. The number of hydrogen-bond acceptors (Lipinski definition) is 4. The Morgan fingerprint density at radius 1 is 0.917 bits per heavy atom. The van der Waals surface area contributed by atoms with E-state index < -0.39 is 0 Å². The van der Waals surface area contributed by atoms with Gasteiger partial charge in [-0.3, -0.25) is 0 Å². The van der Waals surface area contributed by atoms with Gasteiger partial charge in [0.25, 0.3) is 0 Å². The smallest absolute Gasteiger partial charge is 0.0701 e. The van der Waals surface area contributed by atoms with Crippen molar-refractivity contribution in [1.82, 2.24) is 0 Å². The predicted octanol–water partition coefficient (Wildman–Crippen LogP) is 0.0148. The quantitative estimate of drug-likeness (QED) is 0.504. The number of methoxy groups -OCH3 is 1. The summed E-state index contributed by atoms with van der Waals surface area (Å²) in [6, 6.07) is 0. The highest BCUT2D eigenvalue weighted by Crippen LogP contribution is 1.83. The van der Waals surface area contributed by atoms with Crippen molar-refractivity contribution in [3.63, 3.8) is 0 Å². The molecule has 0 aliphatic carbocycles. The van der Waals surface area contributed by atoms with E-state index in [4.69, 9.17) is 19.9 Å². The molecule has 0 unspecified atom stereocenters. The van der Waals surface area contributed by atoms with Crippen molar-refractivity contribution in [3.8, 4) is 0 Å². The van der Waals surface area contributed by atoms with Gasteiger partial charge >= 0.3 is 0 Å². The normalized spacial score (nSPS) is 10.5. The zero-order chi connectivity index (χ0) is 9.07. The summed E-state index contributed by atoms with van der Waals surface area (Å²) < 4.78 is 15.2. The molecule has 0 aromatic rings. The molecule has 0 aliphatic heterocycles. The van der Waals surface area contributed by atoms with E-state index in [9.17, 15) is 0 Å². The fourth-order valence-electron chi connectivity index (χ4n) is 0.711. The summed E-state index contributed by atoms with van der Waals surface area (Å²) in [6.07, 6.45) is 0.938. The van der Waals surface area contributed by atoms with E-state index in [1.54, 1.807) is 7.11 Å². The first-order chi connectivity index (χ1) is 5.91. The van der Waals surface area contributed by atoms with Gasteiger partial charge in [-0.05, 0) is 6.42 Å². The maximum Gasteiger partial charge on any atom is 0.0701 e. The van der Waals surface area contributed by atoms with Crippen LogP contribution in [-0.2, 0) is 14.2 Å². The molecule has 0 aromatic heterocycles. The summed E-state index contributed by atoms with van der Waals surface area (Å²) >= 11 is 0. The van der Waals surface area contributed by atoms with E-state index in [0.29, 0.717) is 26.4 Å². The Labute approximate surface area is 74.0 Å². The van der Waals surface area contributed by atoms with E-state index in [0.717, 1.165) is 19.6 Å². The maximum atomic E-state index is 5.24. The lowest BCUT2D eigenvalue weighted by Crippen LogP contribution is -2.12. The summed E-state index contributed by atoms with van der Waals surface area (Å²) in [5.74, 6) is 0. The Hall–Kier alpha value is -0.160. The van der Waals surface area contributed by atoms with Crippen LogP contribution in [0.4, 0.5) is 0 Å². The second-order valence-electron chi connectivity index (χ2n) is 2.36. The van der Waals surface area contributed by atoms with Gasteiger partial charge < -0.3 is 19.9 Å². The van der Waals surface area contributed by atoms with E-state index in [-0.39, 0.29) is 0 Å². The summed E-state index contributed by atoms with van der Waals surface area (Å²) in [5.41, 5.74) is 5.23. The number of hydrogen-bond donors (Lipinski definition) is 1. The first-order valence-electron chi connectivity index (χ1n) is 4.26. The number of ether oxygens (including phenoxy) is 3. The van der Waals surface area contributed by atoms with Crippen LogP contribution in [0, 0.1) is 0 Å². The SMILES string of the molecule is COCCCOCCOCCN. The molecule has 0 saturated carbocycles. The topological polar surface area (TPSA) is 53.7 Å². The summed E-state index contributed by atoms with van der Waals surface area (Å²) in [7, 11) is 1.68. The van der Waals surface area contributed by atoms with Crippen molar-refractivity contribution >= 4 is 0 Å². The zero-order valence-electron chi connectivity index (χ0n) is 7.75. The van der Waals surface area contributed by atoms with Crippen LogP contribution < -0.4 is 5.73 Å². The van der Waals surface area contributed by atoms with Crippen molar-refractivity contribution in [2.75, 3.05) is 46.7 Å². The molecular weight excluding hydrogens is 158 g/mol. The molecule has 12 heavy (non-hydrogen) atoms. The molecule has 2 N–H and O–H groups in total. The van der Waals surface area contributed by atoms with Crippen molar-refractivity contribution < 1.29 is 14.2 Å². The van der Waals surface area contributed by atoms with Crippen LogP contribution in [0.1, 0.15) is 6.42 Å². The summed E-state index contributed by atoms with van der Waals surface area (Å²) in [6.45, 7) is 3.95. The fraction of sp³-hybridized carbons (Fsp3) is 1.00. The Morgan fingerprint density at radius 2 is 1.58 bits per heavy atom. The highest BCUT2D eigenvalue weighted by atomic mass is 16.5. The minimum Gasteiger partial charge on any atom is -0.385 e. The molecule has 0 fully saturated rings. The maximum absolute atomic E-state index is 5.24. The molecule has 0 rings (SSSR count). The van der Waals surface area contributed by atoms with Gasteiger partial charge in [-0.15, -0.1) is 0 Å². The van der Waals surface area contributed by atoms with Crippen LogP contribution >= 0.6 is 0 Å². The van der Waals surface area contributed by atoms with Gasteiger partial charge in [-0.2, -0.15) is 0 Å². The third-order valence-corrected chi connectivity index (χ3v) is 1.27. The van der Waals surface area contributed by atoms with Crippen molar-refractivity contribution in [3.05, 3.63) is 0 Å². The highest BCUT2D eigenvalue weighted by Gasteiger charge is 1.88. The molecule has 0 radical (unpaired) electrons. The van der Waals surface area contributed by atoms with Crippen molar-refractivity contribution in [1.29, 1.82) is 0 Å². The van der Waals surface area contributed by atoms with Gasteiger partial charge in [0.05, 0.1) is 19.8 Å². The van der Waals surface area contributed by atoms with Crippen LogP contribution in [0.2, 0.25) is 0 Å². The van der Waals surface area contributed by atoms with Gasteiger partial charge in [-0.25, -0.2) is 0 Å². The van der Waals surface area contributed by atoms with Gasteiger partial charge in [-0.1, -0.05) is 0 Å². The Balaban J connectivity index is 2.73. The molecule has 0 amide bonds. The molecule has 0 saturated heterocycles. The Kier molecular flexibility index (Phi) is 10.7. The van der Waals surface area contributed by atoms with Crippen LogP contribution in [0.15, 0.2) is 0 Å². The second-order valence-corrected chi connectivity index (χ2v) is 2.36. The molecule has 4 nitrogen and oxygen atoms in total. The minimum absolute atomic E-state index is 0.573. The lowest BCUT2D eigenvalue weighted by atomic mass is 10.5. The largest absolute Gasteiger partial charge is 0.385 e. The number of rotatable bonds is 9. The van der Waals surface area contributed by atoms with Gasteiger partial charge in [0.15, 0.2) is 0 Å². The minimum atomic E-state index is 0.573. The van der Waals surface area contributed by atoms with E-state index in [1.807, 2.05) is 0 Å². The highest BCUT2D eigenvalue weighted by molar-refractivity contribution is 4.35. The van der Waals surface area contributed by atoms with Gasteiger partial charge in [0, 0.05) is 26.9 Å². The predicted molar refractivity (Wildman–Crippen MR) is 47.2 cm³/mol. The van der Waals surface area contributed by atoms with E-state index in [1.165, 1.54) is 0 Å². The van der Waals surface area contributed by atoms with Crippen LogP contribution in [0.5, 0.6) is 0 Å². The second kappa shape index (κ2) is 10.8. The third-order valence-electron chi connectivity index (χ3n) is 1.27. The molecule has 0 spiro atoms. The first kappa shape index (κ1) is 11.8. The van der Waals surface area contributed by atoms with Crippen LogP contribution in [0.25, 0.3) is 0 Å². The Bertz CT molecular complexity index is 70.7. The molecule has 0 aromatic carbocycles.